The van der Waals surface area contributed by atoms with Gasteiger partial charge in [-0.1, -0.05) is 105 Å². The molecule has 0 rings (SSSR count). The Kier molecular flexibility index (Phi) is 12.6. The molecule has 0 radical (unpaired) electrons. The maximum absolute atomic E-state index is 13.7. The first-order chi connectivity index (χ1) is 9.48. The van der Waals surface area contributed by atoms with Crippen LogP contribution in [0.2, 0.25) is 0 Å². The van der Waals surface area contributed by atoms with Crippen LogP contribution in [0, 0.1) is 5.41 Å². The summed E-state index contributed by atoms with van der Waals surface area (Å²) in [5.74, 6) is 0. The van der Waals surface area contributed by atoms with Crippen LogP contribution in [0.1, 0.15) is 111 Å². The van der Waals surface area contributed by atoms with E-state index in [9.17, 15) is 4.39 Å². The number of hydrogen-bond acceptors (Lipinski definition) is 0. The lowest BCUT2D eigenvalue weighted by atomic mass is 9.87. The smallest absolute Gasteiger partial charge is 0.105 e. The average Bonchev–Trinajstić information content (AvgIpc) is 2.38. The molecule has 0 N–H and O–H groups in total. The summed E-state index contributed by atoms with van der Waals surface area (Å²) < 4.78 is 13.7. The van der Waals surface area contributed by atoms with Crippen molar-refractivity contribution in [2.75, 3.05) is 0 Å². The minimum atomic E-state index is -0.634. The number of hydrogen-bond donors (Lipinski definition) is 0. The zero-order valence-electron chi connectivity index (χ0n) is 14.6. The Morgan fingerprint density at radius 1 is 0.650 bits per heavy atom. The predicted octanol–water partition coefficient (Wildman–Crippen LogP) is 7.46. The molecule has 20 heavy (non-hydrogen) atoms. The van der Waals surface area contributed by atoms with Gasteiger partial charge in [0.2, 0.25) is 0 Å². The summed E-state index contributed by atoms with van der Waals surface area (Å²) in [6, 6.07) is 0. The third-order valence-corrected chi connectivity index (χ3v) is 4.25. The van der Waals surface area contributed by atoms with E-state index >= 15 is 0 Å². The Morgan fingerprint density at radius 3 is 1.35 bits per heavy atom. The second-order valence-corrected chi connectivity index (χ2v) is 7.51. The van der Waals surface area contributed by atoms with Crippen molar-refractivity contribution < 1.29 is 4.39 Å². The molecule has 0 aliphatic carbocycles. The maximum Gasteiger partial charge on any atom is 0.105 e. The molecule has 0 aliphatic rings. The first-order valence-electron chi connectivity index (χ1n) is 9.12. The molecular weight excluding hydrogens is 247 g/mol. The van der Waals surface area contributed by atoms with Crippen molar-refractivity contribution in [3.8, 4) is 0 Å². The van der Waals surface area contributed by atoms with Crippen molar-refractivity contribution in [1.29, 1.82) is 0 Å². The number of alkyl halides is 1. The summed E-state index contributed by atoms with van der Waals surface area (Å²) in [5, 5.41) is 0. The summed E-state index contributed by atoms with van der Waals surface area (Å²) in [6.45, 7) is 8.27. The van der Waals surface area contributed by atoms with Gasteiger partial charge in [0.25, 0.3) is 0 Å². The fourth-order valence-corrected chi connectivity index (χ4v) is 2.60. The molecule has 0 spiro atoms. The topological polar surface area (TPSA) is 0 Å². The van der Waals surface area contributed by atoms with Gasteiger partial charge in [-0.15, -0.1) is 0 Å². The molecule has 0 nitrogen and oxygen atoms in total. The van der Waals surface area contributed by atoms with Crippen molar-refractivity contribution in [3.05, 3.63) is 0 Å². The van der Waals surface area contributed by atoms with E-state index in [0.29, 0.717) is 0 Å². The molecule has 0 aliphatic heterocycles. The zero-order valence-corrected chi connectivity index (χ0v) is 14.6. The van der Waals surface area contributed by atoms with Gasteiger partial charge < -0.3 is 0 Å². The molecule has 0 bridgehead atoms. The highest BCUT2D eigenvalue weighted by Gasteiger charge is 2.22. The highest BCUT2D eigenvalue weighted by molar-refractivity contribution is 4.72. The monoisotopic (exact) mass is 286 g/mol. The summed E-state index contributed by atoms with van der Waals surface area (Å²) in [5.41, 5.74) is -0.169. The fraction of sp³-hybridized carbons (Fsp3) is 1.00. The van der Waals surface area contributed by atoms with Crippen LogP contribution in [0.15, 0.2) is 0 Å². The van der Waals surface area contributed by atoms with Crippen LogP contribution in [-0.2, 0) is 0 Å². The second-order valence-electron chi connectivity index (χ2n) is 7.51. The van der Waals surface area contributed by atoms with Gasteiger partial charge in [-0.2, -0.15) is 0 Å². The molecule has 0 aromatic rings. The van der Waals surface area contributed by atoms with Crippen molar-refractivity contribution in [2.45, 2.75) is 117 Å². The molecule has 1 atom stereocenters. The SMILES string of the molecule is CCCCCCCCCCCCCCC(F)C(C)(C)C. The highest BCUT2D eigenvalue weighted by atomic mass is 19.1. The number of unbranched alkanes of at least 4 members (excludes halogenated alkanes) is 11. The Hall–Kier alpha value is -0.0700. The van der Waals surface area contributed by atoms with Gasteiger partial charge in [0.05, 0.1) is 0 Å². The molecule has 0 saturated carbocycles. The third kappa shape index (κ3) is 12.9. The van der Waals surface area contributed by atoms with Gasteiger partial charge in [0, 0.05) is 0 Å². The number of halogens is 1. The lowest BCUT2D eigenvalue weighted by molar-refractivity contribution is 0.148. The third-order valence-electron chi connectivity index (χ3n) is 4.25. The van der Waals surface area contributed by atoms with Gasteiger partial charge in [-0.25, -0.2) is 4.39 Å². The van der Waals surface area contributed by atoms with Gasteiger partial charge in [-0.05, 0) is 11.8 Å². The lowest BCUT2D eigenvalue weighted by Crippen LogP contribution is -2.21. The molecule has 122 valence electrons. The van der Waals surface area contributed by atoms with Crippen LogP contribution in [0.4, 0.5) is 4.39 Å². The van der Waals surface area contributed by atoms with E-state index in [1.807, 2.05) is 20.8 Å². The summed E-state index contributed by atoms with van der Waals surface area (Å²) in [7, 11) is 0. The van der Waals surface area contributed by atoms with Crippen molar-refractivity contribution in [1.82, 2.24) is 0 Å². The summed E-state index contributed by atoms with van der Waals surface area (Å²) >= 11 is 0. The van der Waals surface area contributed by atoms with E-state index in [4.69, 9.17) is 0 Å². The Morgan fingerprint density at radius 2 is 1.00 bits per heavy atom. The molecule has 0 aromatic heterocycles. The zero-order chi connectivity index (χ0) is 15.3. The minimum Gasteiger partial charge on any atom is -0.247 e. The van der Waals surface area contributed by atoms with E-state index in [0.717, 1.165) is 12.8 Å². The molecule has 1 unspecified atom stereocenters. The van der Waals surface area contributed by atoms with Gasteiger partial charge in [0.1, 0.15) is 6.17 Å². The van der Waals surface area contributed by atoms with E-state index in [1.165, 1.54) is 70.6 Å². The molecule has 0 saturated heterocycles. The minimum absolute atomic E-state index is 0.169. The van der Waals surface area contributed by atoms with Crippen molar-refractivity contribution in [2.24, 2.45) is 5.41 Å². The summed E-state index contributed by atoms with van der Waals surface area (Å²) in [4.78, 5) is 0. The highest BCUT2D eigenvalue weighted by Crippen LogP contribution is 2.26. The Balaban J connectivity index is 3.14. The van der Waals surface area contributed by atoms with E-state index < -0.39 is 6.17 Å². The molecule has 1 heteroatoms. The molecule has 0 aromatic carbocycles. The molecule has 0 heterocycles. The first kappa shape index (κ1) is 19.9. The Labute approximate surface area is 127 Å². The summed E-state index contributed by atoms with van der Waals surface area (Å²) in [6.07, 6.45) is 16.3. The lowest BCUT2D eigenvalue weighted by Gasteiger charge is -2.23. The fourth-order valence-electron chi connectivity index (χ4n) is 2.60. The van der Waals surface area contributed by atoms with Gasteiger partial charge in [0.15, 0.2) is 0 Å². The van der Waals surface area contributed by atoms with Gasteiger partial charge >= 0.3 is 0 Å². The van der Waals surface area contributed by atoms with Crippen LogP contribution in [-0.4, -0.2) is 6.17 Å². The number of rotatable bonds is 13. The van der Waals surface area contributed by atoms with E-state index in [1.54, 1.807) is 0 Å². The van der Waals surface area contributed by atoms with Crippen LogP contribution >= 0.6 is 0 Å². The molecule has 0 amide bonds. The van der Waals surface area contributed by atoms with Gasteiger partial charge in [-0.3, -0.25) is 0 Å². The van der Waals surface area contributed by atoms with Crippen LogP contribution in [0.5, 0.6) is 0 Å². The van der Waals surface area contributed by atoms with Crippen LogP contribution < -0.4 is 0 Å². The van der Waals surface area contributed by atoms with Crippen molar-refractivity contribution >= 4 is 0 Å². The predicted molar refractivity (Wildman–Crippen MR) is 90.0 cm³/mol. The largest absolute Gasteiger partial charge is 0.247 e. The van der Waals surface area contributed by atoms with Crippen LogP contribution in [0.25, 0.3) is 0 Å². The van der Waals surface area contributed by atoms with Crippen LogP contribution in [0.3, 0.4) is 0 Å². The van der Waals surface area contributed by atoms with Crippen molar-refractivity contribution in [3.63, 3.8) is 0 Å². The quantitative estimate of drug-likeness (QED) is 0.308. The van der Waals surface area contributed by atoms with E-state index in [-0.39, 0.29) is 5.41 Å². The first-order valence-corrected chi connectivity index (χ1v) is 9.12. The standard InChI is InChI=1S/C19H39F/c1-5-6-7-8-9-10-11-12-13-14-15-16-17-18(20)19(2,3)4/h18H,5-17H2,1-4H3. The second kappa shape index (κ2) is 12.7. The van der Waals surface area contributed by atoms with E-state index in [2.05, 4.69) is 6.92 Å². The normalized spacial score (nSPS) is 13.7. The molecule has 0 fully saturated rings. The Bertz CT molecular complexity index is 192. The molecular formula is C19H39F. The maximum atomic E-state index is 13.7. The average molecular weight is 287 g/mol.